The summed E-state index contributed by atoms with van der Waals surface area (Å²) in [7, 11) is -2.92. The predicted molar refractivity (Wildman–Crippen MR) is 66.2 cm³/mol. The molecule has 0 amide bonds. The van der Waals surface area contributed by atoms with E-state index in [9.17, 15) is 8.42 Å². The lowest BCUT2D eigenvalue weighted by molar-refractivity contribution is 0.134. The van der Waals surface area contributed by atoms with Crippen molar-refractivity contribution < 1.29 is 8.42 Å². The van der Waals surface area contributed by atoms with E-state index in [-0.39, 0.29) is 28.0 Å². The van der Waals surface area contributed by atoms with Crippen LogP contribution in [0.1, 0.15) is 47.0 Å². The molecule has 0 bridgehead atoms. The minimum Gasteiger partial charge on any atom is -0.306 e. The molecule has 0 aromatic carbocycles. The number of sulfone groups is 1. The highest BCUT2D eigenvalue weighted by molar-refractivity contribution is 7.92. The average Bonchev–Trinajstić information content (AvgIpc) is 2.03. The second-order valence-electron chi connectivity index (χ2n) is 6.73. The van der Waals surface area contributed by atoms with Gasteiger partial charge in [0.1, 0.15) is 0 Å². The average molecular weight is 245 g/mol. The van der Waals surface area contributed by atoms with E-state index in [0.29, 0.717) is 0 Å². The van der Waals surface area contributed by atoms with Crippen molar-refractivity contribution >= 4 is 9.84 Å². The van der Waals surface area contributed by atoms with Crippen molar-refractivity contribution in [3.63, 3.8) is 0 Å². The molecule has 1 heterocycles. The Morgan fingerprint density at radius 3 is 2.44 bits per heavy atom. The van der Waals surface area contributed by atoms with Crippen molar-refractivity contribution in [2.24, 2.45) is 5.41 Å². The van der Waals surface area contributed by atoms with Crippen LogP contribution in [0.4, 0.5) is 0 Å². The van der Waals surface area contributed by atoms with E-state index in [4.69, 9.17) is 0 Å². The molecule has 2 rings (SSSR count). The molecule has 0 radical (unpaired) electrons. The summed E-state index contributed by atoms with van der Waals surface area (Å²) in [5.41, 5.74) is -0.192. The lowest BCUT2D eigenvalue weighted by Gasteiger charge is -2.51. The van der Waals surface area contributed by atoms with E-state index in [0.717, 1.165) is 19.3 Å². The fourth-order valence-corrected chi connectivity index (χ4v) is 6.01. The van der Waals surface area contributed by atoms with Crippen molar-refractivity contribution in [2.45, 2.75) is 63.8 Å². The van der Waals surface area contributed by atoms with Gasteiger partial charge in [-0.05, 0) is 32.1 Å². The molecule has 4 heteroatoms. The summed E-state index contributed by atoms with van der Waals surface area (Å²) in [5.74, 6) is 0.275. The highest BCUT2D eigenvalue weighted by atomic mass is 32.2. The lowest BCUT2D eigenvalue weighted by Crippen LogP contribution is -2.67. The van der Waals surface area contributed by atoms with Gasteiger partial charge in [0.15, 0.2) is 9.84 Å². The molecular weight excluding hydrogens is 222 g/mol. The van der Waals surface area contributed by atoms with Gasteiger partial charge in [-0.1, -0.05) is 20.3 Å². The Morgan fingerprint density at radius 1 is 1.19 bits per heavy atom. The maximum atomic E-state index is 12.3. The van der Waals surface area contributed by atoms with Gasteiger partial charge >= 0.3 is 0 Å². The maximum absolute atomic E-state index is 12.3. The van der Waals surface area contributed by atoms with Crippen LogP contribution in [0.5, 0.6) is 0 Å². The van der Waals surface area contributed by atoms with Gasteiger partial charge in [-0.25, -0.2) is 8.42 Å². The molecule has 1 saturated carbocycles. The summed E-state index contributed by atoms with van der Waals surface area (Å²) in [4.78, 5) is 0. The van der Waals surface area contributed by atoms with Gasteiger partial charge in [-0.2, -0.15) is 0 Å². The van der Waals surface area contributed by atoms with E-state index < -0.39 is 9.84 Å². The zero-order valence-electron chi connectivity index (χ0n) is 10.7. The summed E-state index contributed by atoms with van der Waals surface area (Å²) in [5, 5.41) is 3.40. The van der Waals surface area contributed by atoms with Crippen LogP contribution in [-0.4, -0.2) is 31.0 Å². The van der Waals surface area contributed by atoms with Crippen LogP contribution >= 0.6 is 0 Å². The molecule has 2 fully saturated rings. The fourth-order valence-electron chi connectivity index (χ4n) is 3.33. The highest BCUT2D eigenvalue weighted by Crippen LogP contribution is 2.42. The van der Waals surface area contributed by atoms with Crippen LogP contribution in [-0.2, 0) is 9.84 Å². The van der Waals surface area contributed by atoms with E-state index in [1.54, 1.807) is 0 Å². The van der Waals surface area contributed by atoms with Crippen molar-refractivity contribution in [1.29, 1.82) is 0 Å². The van der Waals surface area contributed by atoms with E-state index >= 15 is 0 Å². The Bertz CT molecular complexity index is 384. The van der Waals surface area contributed by atoms with Crippen molar-refractivity contribution in [3.05, 3.63) is 0 Å². The third kappa shape index (κ3) is 2.02. The van der Waals surface area contributed by atoms with Crippen LogP contribution in [0.3, 0.4) is 0 Å². The monoisotopic (exact) mass is 245 g/mol. The number of rotatable bonds is 0. The zero-order valence-corrected chi connectivity index (χ0v) is 11.5. The summed E-state index contributed by atoms with van der Waals surface area (Å²) >= 11 is 0. The van der Waals surface area contributed by atoms with Crippen LogP contribution < -0.4 is 5.32 Å². The Morgan fingerprint density at radius 2 is 1.81 bits per heavy atom. The van der Waals surface area contributed by atoms with Crippen LogP contribution in [0, 0.1) is 5.41 Å². The van der Waals surface area contributed by atoms with Gasteiger partial charge in [-0.15, -0.1) is 0 Å². The van der Waals surface area contributed by atoms with Gasteiger partial charge in [0.25, 0.3) is 0 Å². The molecule has 94 valence electrons. The Hall–Kier alpha value is -0.0900. The second kappa shape index (κ2) is 3.45. The first-order valence-electron chi connectivity index (χ1n) is 6.13. The molecule has 1 N–H and O–H groups in total. The molecule has 0 aromatic heterocycles. The second-order valence-corrected chi connectivity index (χ2v) is 8.95. The molecule has 1 aliphatic heterocycles. The smallest absolute Gasteiger partial charge is 0.156 e. The number of fused-ring (bicyclic) bond motifs is 1. The van der Waals surface area contributed by atoms with Crippen LogP contribution in [0.2, 0.25) is 0 Å². The first-order valence-corrected chi connectivity index (χ1v) is 7.85. The Labute approximate surface area is 98.9 Å². The third-order valence-electron chi connectivity index (χ3n) is 4.09. The molecule has 2 atom stereocenters. The van der Waals surface area contributed by atoms with Crippen LogP contribution in [0.15, 0.2) is 0 Å². The van der Waals surface area contributed by atoms with Crippen molar-refractivity contribution in [3.8, 4) is 0 Å². The third-order valence-corrected chi connectivity index (χ3v) is 6.65. The topological polar surface area (TPSA) is 46.2 Å². The number of hydrogen-bond acceptors (Lipinski definition) is 3. The van der Waals surface area contributed by atoms with E-state index in [2.05, 4.69) is 19.2 Å². The summed E-state index contributed by atoms with van der Waals surface area (Å²) in [6.45, 7) is 8.36. The molecule has 0 aromatic rings. The predicted octanol–water partition coefficient (Wildman–Crippen LogP) is 1.73. The standard InChI is InChI=1S/C12H23NO2S/c1-11(2)7-5-6-9-10(11)13-12(3,4)8-16(9,14)15/h9-10,13H,5-8H2,1-4H3. The molecule has 1 aliphatic carbocycles. The highest BCUT2D eigenvalue weighted by Gasteiger charge is 2.51. The van der Waals surface area contributed by atoms with Gasteiger partial charge in [0.2, 0.25) is 0 Å². The summed E-state index contributed by atoms with van der Waals surface area (Å²) in [6, 6.07) is 0.120. The molecule has 0 spiro atoms. The molecular formula is C12H23NO2S. The zero-order chi connectivity index (χ0) is 12.2. The largest absolute Gasteiger partial charge is 0.306 e. The molecule has 2 aliphatic rings. The summed E-state index contributed by atoms with van der Waals surface area (Å²) < 4.78 is 24.6. The Kier molecular flexibility index (Phi) is 2.67. The minimum atomic E-state index is -2.92. The molecule has 2 unspecified atom stereocenters. The maximum Gasteiger partial charge on any atom is 0.156 e. The first kappa shape index (κ1) is 12.4. The first-order chi connectivity index (χ1) is 7.14. The molecule has 1 saturated heterocycles. The summed E-state index contributed by atoms with van der Waals surface area (Å²) in [6.07, 6.45) is 2.99. The molecule has 16 heavy (non-hydrogen) atoms. The normalized spacial score (nSPS) is 40.0. The SMILES string of the molecule is CC1(C)CS(=O)(=O)C2CCCC(C)(C)C2N1. The number of nitrogens with one attached hydrogen (secondary N) is 1. The van der Waals surface area contributed by atoms with Gasteiger partial charge in [0.05, 0.1) is 11.0 Å². The quantitative estimate of drug-likeness (QED) is 0.707. The Balaban J connectivity index is 2.39. The minimum absolute atomic E-state index is 0.0909. The van der Waals surface area contributed by atoms with Gasteiger partial charge < -0.3 is 5.32 Å². The van der Waals surface area contributed by atoms with Crippen LogP contribution in [0.25, 0.3) is 0 Å². The number of hydrogen-bond donors (Lipinski definition) is 1. The molecule has 3 nitrogen and oxygen atoms in total. The van der Waals surface area contributed by atoms with E-state index in [1.807, 2.05) is 13.8 Å². The fraction of sp³-hybridized carbons (Fsp3) is 1.00. The van der Waals surface area contributed by atoms with Gasteiger partial charge in [0, 0.05) is 11.6 Å². The van der Waals surface area contributed by atoms with Gasteiger partial charge in [-0.3, -0.25) is 0 Å². The van der Waals surface area contributed by atoms with Crippen molar-refractivity contribution in [1.82, 2.24) is 5.32 Å². The lowest BCUT2D eigenvalue weighted by atomic mass is 9.72. The van der Waals surface area contributed by atoms with Crippen molar-refractivity contribution in [2.75, 3.05) is 5.75 Å². The van der Waals surface area contributed by atoms with E-state index in [1.165, 1.54) is 0 Å².